The number of carbonyl (C=O) groups excluding carboxylic acids is 2. The monoisotopic (exact) mass is 400 g/mol. The molecule has 4 rings (SSSR count). The number of hydrogen-bond donors (Lipinski definition) is 3. The molecular weight excluding hydrogens is 380 g/mol. The Labute approximate surface area is 172 Å². The van der Waals surface area contributed by atoms with Crippen molar-refractivity contribution in [1.82, 2.24) is 15.2 Å². The van der Waals surface area contributed by atoms with E-state index in [2.05, 4.69) is 20.2 Å². The van der Waals surface area contributed by atoms with E-state index in [9.17, 15) is 14.7 Å². The molecule has 2 aromatic carbocycles. The van der Waals surface area contributed by atoms with Crippen LogP contribution < -0.4 is 0 Å². The Hall–Kier alpha value is -4.00. The van der Waals surface area contributed by atoms with Crippen molar-refractivity contribution in [2.45, 2.75) is 20.3 Å². The molecule has 0 unspecified atom stereocenters. The van der Waals surface area contributed by atoms with Gasteiger partial charge in [0.2, 0.25) is 0 Å². The number of aromatic nitrogens is 3. The van der Waals surface area contributed by atoms with Crippen LogP contribution in [0.2, 0.25) is 0 Å². The van der Waals surface area contributed by atoms with Crippen LogP contribution in [-0.2, 0) is 11.2 Å². The predicted octanol–water partition coefficient (Wildman–Crippen LogP) is 4.02. The van der Waals surface area contributed by atoms with Crippen LogP contribution in [0.25, 0.3) is 10.9 Å². The van der Waals surface area contributed by atoms with E-state index in [-0.39, 0.29) is 17.4 Å². The van der Waals surface area contributed by atoms with Crippen LogP contribution >= 0.6 is 0 Å². The summed E-state index contributed by atoms with van der Waals surface area (Å²) in [5.41, 5.74) is 3.84. The normalized spacial score (nSPS) is 11.4. The Kier molecular flexibility index (Phi) is 5.02. The fraction of sp³-hybridized carbons (Fsp3) is 0.130. The van der Waals surface area contributed by atoms with Gasteiger partial charge in [0.25, 0.3) is 0 Å². The number of hydrogen-bond acceptors (Lipinski definition) is 5. The molecule has 0 aliphatic rings. The van der Waals surface area contributed by atoms with Crippen LogP contribution in [-0.4, -0.2) is 38.1 Å². The van der Waals surface area contributed by atoms with Gasteiger partial charge in [-0.15, -0.1) is 0 Å². The van der Waals surface area contributed by atoms with Crippen LogP contribution in [0.5, 0.6) is 5.88 Å². The van der Waals surface area contributed by atoms with Crippen LogP contribution in [0, 0.1) is 6.92 Å². The second-order valence-electron chi connectivity index (χ2n) is 7.22. The van der Waals surface area contributed by atoms with Gasteiger partial charge in [0.05, 0.1) is 5.56 Å². The molecule has 2 heterocycles. The van der Waals surface area contributed by atoms with Crippen molar-refractivity contribution in [3.8, 4) is 5.88 Å². The molecule has 0 spiro atoms. The largest absolute Gasteiger partial charge is 0.494 e. The lowest BCUT2D eigenvalue weighted by molar-refractivity contribution is -0.116. The van der Waals surface area contributed by atoms with Gasteiger partial charge in [0.15, 0.2) is 17.5 Å². The second-order valence-corrected chi connectivity index (χ2v) is 7.22. The summed E-state index contributed by atoms with van der Waals surface area (Å²) in [5, 5.41) is 17.8. The summed E-state index contributed by atoms with van der Waals surface area (Å²) >= 11 is 0. The number of ketones is 2. The van der Waals surface area contributed by atoms with E-state index >= 15 is 0 Å². The third-order valence-corrected chi connectivity index (χ3v) is 4.74. The minimum absolute atomic E-state index is 0.0333. The minimum atomic E-state index is -0.159. The third-order valence-electron chi connectivity index (χ3n) is 4.74. The van der Waals surface area contributed by atoms with Gasteiger partial charge in [-0.3, -0.25) is 14.7 Å². The molecule has 3 N–H and O–H groups in total. The van der Waals surface area contributed by atoms with Crippen LogP contribution in [0.4, 0.5) is 5.82 Å². The van der Waals surface area contributed by atoms with E-state index in [1.807, 2.05) is 13.0 Å². The fourth-order valence-electron chi connectivity index (χ4n) is 3.35. The Morgan fingerprint density at radius 1 is 1.13 bits per heavy atom. The first-order valence-electron chi connectivity index (χ1n) is 9.44. The first-order chi connectivity index (χ1) is 14.4. The van der Waals surface area contributed by atoms with E-state index in [0.29, 0.717) is 39.8 Å². The summed E-state index contributed by atoms with van der Waals surface area (Å²) in [6, 6.07) is 14.0. The molecule has 0 amide bonds. The molecule has 0 radical (unpaired) electrons. The van der Waals surface area contributed by atoms with Crippen molar-refractivity contribution >= 4 is 34.5 Å². The summed E-state index contributed by atoms with van der Waals surface area (Å²) in [6.07, 6.45) is 1.81. The molecule has 0 saturated carbocycles. The highest BCUT2D eigenvalue weighted by Gasteiger charge is 2.15. The Morgan fingerprint density at radius 3 is 2.67 bits per heavy atom. The van der Waals surface area contributed by atoms with Gasteiger partial charge in [-0.25, -0.2) is 4.99 Å². The summed E-state index contributed by atoms with van der Waals surface area (Å²) in [6.45, 7) is 3.40. The molecular formula is C23H20N4O3. The number of aromatic hydroxyl groups is 1. The molecule has 4 aromatic rings. The van der Waals surface area contributed by atoms with Gasteiger partial charge in [-0.2, -0.15) is 5.10 Å². The van der Waals surface area contributed by atoms with Crippen LogP contribution in [0.1, 0.15) is 39.7 Å². The number of nitrogens with zero attached hydrogens (tertiary/aromatic N) is 2. The number of Topliss-reactive ketones (excluding diaryl/α,β-unsaturated/α-hetero) is 1. The molecule has 7 heteroatoms. The van der Waals surface area contributed by atoms with Crippen molar-refractivity contribution in [3.05, 3.63) is 76.5 Å². The standard InChI is InChI=1S/C23H20N4O3/c1-13-8-21(27-26-13)24-12-19-18-11-17(6-7-20(18)25-23(19)30)22(29)16-5-3-4-15(10-16)9-14(2)28/h3-8,10-12,25,30H,9H2,1-2H3,(H,26,27). The first kappa shape index (κ1) is 19.3. The van der Waals surface area contributed by atoms with Gasteiger partial charge in [-0.05, 0) is 43.7 Å². The number of rotatable bonds is 6. The first-order valence-corrected chi connectivity index (χ1v) is 9.44. The average molecular weight is 400 g/mol. The lowest BCUT2D eigenvalue weighted by Gasteiger charge is -2.05. The number of fused-ring (bicyclic) bond motifs is 1. The molecule has 30 heavy (non-hydrogen) atoms. The maximum absolute atomic E-state index is 13.0. The highest BCUT2D eigenvalue weighted by Crippen LogP contribution is 2.28. The van der Waals surface area contributed by atoms with Gasteiger partial charge in [-0.1, -0.05) is 18.2 Å². The number of nitrogens with one attached hydrogen (secondary N) is 2. The highest BCUT2D eigenvalue weighted by molar-refractivity contribution is 6.12. The average Bonchev–Trinajstić information content (AvgIpc) is 3.27. The number of carbonyl (C=O) groups is 2. The minimum Gasteiger partial charge on any atom is -0.494 e. The zero-order valence-corrected chi connectivity index (χ0v) is 16.6. The summed E-state index contributed by atoms with van der Waals surface area (Å²) in [4.78, 5) is 31.6. The van der Waals surface area contributed by atoms with Gasteiger partial charge >= 0.3 is 0 Å². The molecule has 0 atom stereocenters. The van der Waals surface area contributed by atoms with Crippen molar-refractivity contribution in [3.63, 3.8) is 0 Å². The van der Waals surface area contributed by atoms with E-state index in [1.54, 1.807) is 42.5 Å². The van der Waals surface area contributed by atoms with Gasteiger partial charge < -0.3 is 10.1 Å². The van der Waals surface area contributed by atoms with Crippen molar-refractivity contribution in [2.75, 3.05) is 0 Å². The lowest BCUT2D eigenvalue weighted by atomic mass is 9.98. The molecule has 0 bridgehead atoms. The van der Waals surface area contributed by atoms with Gasteiger partial charge in [0, 0.05) is 46.4 Å². The van der Waals surface area contributed by atoms with Crippen molar-refractivity contribution < 1.29 is 14.7 Å². The number of aryl methyl sites for hydroxylation is 1. The Morgan fingerprint density at radius 2 is 1.93 bits per heavy atom. The molecule has 0 aliphatic carbocycles. The number of aromatic amines is 2. The molecule has 0 saturated heterocycles. The maximum Gasteiger partial charge on any atom is 0.198 e. The van der Waals surface area contributed by atoms with E-state index < -0.39 is 0 Å². The Balaban J connectivity index is 1.70. The van der Waals surface area contributed by atoms with E-state index in [0.717, 1.165) is 11.3 Å². The molecule has 2 aromatic heterocycles. The van der Waals surface area contributed by atoms with Crippen molar-refractivity contribution in [1.29, 1.82) is 0 Å². The van der Waals surface area contributed by atoms with E-state index in [4.69, 9.17) is 0 Å². The number of aliphatic imine (C=N–C) groups is 1. The fourth-order valence-corrected chi connectivity index (χ4v) is 3.35. The van der Waals surface area contributed by atoms with Crippen LogP contribution in [0.15, 0.2) is 53.5 Å². The zero-order chi connectivity index (χ0) is 21.3. The Bertz CT molecular complexity index is 1300. The maximum atomic E-state index is 13.0. The summed E-state index contributed by atoms with van der Waals surface area (Å²) in [5.74, 6) is 0.346. The summed E-state index contributed by atoms with van der Waals surface area (Å²) in [7, 11) is 0. The lowest BCUT2D eigenvalue weighted by Crippen LogP contribution is -2.03. The third kappa shape index (κ3) is 3.91. The highest BCUT2D eigenvalue weighted by atomic mass is 16.3. The van der Waals surface area contributed by atoms with Gasteiger partial charge in [0.1, 0.15) is 5.78 Å². The quantitative estimate of drug-likeness (QED) is 0.335. The van der Waals surface area contributed by atoms with Crippen LogP contribution in [0.3, 0.4) is 0 Å². The molecule has 150 valence electrons. The van der Waals surface area contributed by atoms with Crippen molar-refractivity contribution in [2.24, 2.45) is 4.99 Å². The topological polar surface area (TPSA) is 111 Å². The number of benzene rings is 2. The second kappa shape index (κ2) is 7.79. The molecule has 0 aliphatic heterocycles. The number of H-pyrrole nitrogens is 2. The molecule has 7 nitrogen and oxygen atoms in total. The summed E-state index contributed by atoms with van der Waals surface area (Å²) < 4.78 is 0. The smallest absolute Gasteiger partial charge is 0.198 e. The zero-order valence-electron chi connectivity index (χ0n) is 16.6. The molecule has 0 fully saturated rings. The van der Waals surface area contributed by atoms with E-state index in [1.165, 1.54) is 13.1 Å². The SMILES string of the molecule is CC(=O)Cc1cccc(C(=O)c2ccc3[nH]c(O)c(C=Nc4cc(C)[nH]n4)c3c2)c1. The predicted molar refractivity (Wildman–Crippen MR) is 115 cm³/mol.